The molecule has 3 rings (SSSR count). The van der Waals surface area contributed by atoms with Crippen molar-refractivity contribution in [1.82, 2.24) is 20.1 Å². The Morgan fingerprint density at radius 1 is 1.19 bits per heavy atom. The SMILES string of the molecule is Cc1c(C(C)NC(=O)c2ccc3nc(C(C)(C)C(F)(F)F)ccc3c2)cnn1CC(=O)[O-]. The molecule has 0 aliphatic carbocycles. The molecule has 7 nitrogen and oxygen atoms in total. The molecule has 0 saturated carbocycles. The van der Waals surface area contributed by atoms with Crippen molar-refractivity contribution in [2.24, 2.45) is 0 Å². The molecule has 0 fully saturated rings. The molecular weight excluding hydrogens is 425 g/mol. The molecule has 1 amide bonds. The van der Waals surface area contributed by atoms with Gasteiger partial charge in [-0.25, -0.2) is 0 Å². The molecule has 2 aromatic heterocycles. The Bertz CT molecular complexity index is 1180. The second-order valence-corrected chi connectivity index (χ2v) is 8.14. The van der Waals surface area contributed by atoms with E-state index >= 15 is 0 Å². The Hall–Kier alpha value is -3.43. The molecule has 32 heavy (non-hydrogen) atoms. The van der Waals surface area contributed by atoms with Crippen LogP contribution >= 0.6 is 0 Å². The minimum absolute atomic E-state index is 0.104. The summed E-state index contributed by atoms with van der Waals surface area (Å²) in [4.78, 5) is 27.7. The molecule has 1 atom stereocenters. The van der Waals surface area contributed by atoms with Crippen molar-refractivity contribution in [2.75, 3.05) is 0 Å². The number of aromatic nitrogens is 3. The number of benzene rings is 1. The van der Waals surface area contributed by atoms with Gasteiger partial charge in [0.15, 0.2) is 0 Å². The summed E-state index contributed by atoms with van der Waals surface area (Å²) in [6, 6.07) is 6.93. The molecule has 170 valence electrons. The van der Waals surface area contributed by atoms with Crippen LogP contribution in [0, 0.1) is 6.92 Å². The van der Waals surface area contributed by atoms with E-state index in [1.165, 1.54) is 35.1 Å². The van der Waals surface area contributed by atoms with Crippen molar-refractivity contribution >= 4 is 22.8 Å². The van der Waals surface area contributed by atoms with Gasteiger partial charge in [0.1, 0.15) is 5.41 Å². The molecule has 0 radical (unpaired) electrons. The van der Waals surface area contributed by atoms with E-state index in [1.807, 2.05) is 0 Å². The Kier molecular flexibility index (Phi) is 5.99. The third-order valence-corrected chi connectivity index (χ3v) is 5.53. The van der Waals surface area contributed by atoms with Gasteiger partial charge in [0, 0.05) is 22.2 Å². The normalized spacial score (nSPS) is 13.2. The van der Waals surface area contributed by atoms with E-state index in [-0.39, 0.29) is 5.69 Å². The second-order valence-electron chi connectivity index (χ2n) is 8.14. The number of pyridine rings is 1. The highest BCUT2D eigenvalue weighted by molar-refractivity contribution is 5.98. The highest BCUT2D eigenvalue weighted by atomic mass is 19.4. The molecular formula is C22H22F3N4O3-. The monoisotopic (exact) mass is 447 g/mol. The number of hydrogen-bond acceptors (Lipinski definition) is 5. The van der Waals surface area contributed by atoms with Crippen molar-refractivity contribution in [3.8, 4) is 0 Å². The van der Waals surface area contributed by atoms with Crippen molar-refractivity contribution < 1.29 is 27.9 Å². The molecule has 10 heteroatoms. The predicted molar refractivity (Wildman–Crippen MR) is 109 cm³/mol. The summed E-state index contributed by atoms with van der Waals surface area (Å²) in [6.07, 6.45) is -2.96. The average Bonchev–Trinajstić information content (AvgIpc) is 3.05. The number of rotatable bonds is 6. The molecule has 2 heterocycles. The van der Waals surface area contributed by atoms with Crippen LogP contribution in [0.3, 0.4) is 0 Å². The van der Waals surface area contributed by atoms with Crippen LogP contribution < -0.4 is 10.4 Å². The zero-order valence-electron chi connectivity index (χ0n) is 17.9. The molecule has 1 aromatic carbocycles. The fourth-order valence-electron chi connectivity index (χ4n) is 3.29. The summed E-state index contributed by atoms with van der Waals surface area (Å²) < 4.78 is 41.2. The fraction of sp³-hybridized carbons (Fsp3) is 0.364. The van der Waals surface area contributed by atoms with E-state index in [4.69, 9.17) is 0 Å². The number of hydrogen-bond donors (Lipinski definition) is 1. The third-order valence-electron chi connectivity index (χ3n) is 5.53. The average molecular weight is 447 g/mol. The summed E-state index contributed by atoms with van der Waals surface area (Å²) in [5.74, 6) is -1.67. The number of carboxylic acid groups (broad SMARTS) is 1. The van der Waals surface area contributed by atoms with Crippen LogP contribution in [0.2, 0.25) is 0 Å². The highest BCUT2D eigenvalue weighted by Gasteiger charge is 2.49. The largest absolute Gasteiger partial charge is 0.548 e. The molecule has 0 spiro atoms. The number of alkyl halides is 3. The first-order valence-electron chi connectivity index (χ1n) is 9.82. The van der Waals surface area contributed by atoms with E-state index in [1.54, 1.807) is 19.9 Å². The number of carboxylic acids is 1. The lowest BCUT2D eigenvalue weighted by Gasteiger charge is -2.27. The first-order valence-corrected chi connectivity index (χ1v) is 9.82. The smallest absolute Gasteiger partial charge is 0.399 e. The van der Waals surface area contributed by atoms with Gasteiger partial charge in [0.25, 0.3) is 5.91 Å². The van der Waals surface area contributed by atoms with E-state index in [0.29, 0.717) is 27.7 Å². The van der Waals surface area contributed by atoms with E-state index in [9.17, 15) is 27.9 Å². The zero-order chi connectivity index (χ0) is 23.8. The Labute approximate surface area is 182 Å². The van der Waals surface area contributed by atoms with Crippen LogP contribution in [0.4, 0.5) is 13.2 Å². The Balaban J connectivity index is 1.81. The summed E-state index contributed by atoms with van der Waals surface area (Å²) >= 11 is 0. The molecule has 0 bridgehead atoms. The number of amides is 1. The van der Waals surface area contributed by atoms with Gasteiger partial charge in [-0.15, -0.1) is 0 Å². The first kappa shape index (κ1) is 23.2. The quantitative estimate of drug-likeness (QED) is 0.626. The van der Waals surface area contributed by atoms with Gasteiger partial charge in [-0.3, -0.25) is 14.5 Å². The minimum atomic E-state index is -4.45. The van der Waals surface area contributed by atoms with Gasteiger partial charge in [-0.05, 0) is 52.0 Å². The molecule has 0 saturated heterocycles. The number of nitrogens with one attached hydrogen (secondary N) is 1. The predicted octanol–water partition coefficient (Wildman–Crippen LogP) is 2.82. The summed E-state index contributed by atoms with van der Waals surface area (Å²) in [7, 11) is 0. The molecule has 0 aliphatic heterocycles. The van der Waals surface area contributed by atoms with Gasteiger partial charge in [0.2, 0.25) is 0 Å². The Morgan fingerprint density at radius 3 is 2.50 bits per heavy atom. The number of carbonyl (C=O) groups is 2. The minimum Gasteiger partial charge on any atom is -0.548 e. The maximum absolute atomic E-state index is 13.3. The number of aliphatic carboxylic acids is 1. The number of fused-ring (bicyclic) bond motifs is 1. The second kappa shape index (κ2) is 8.25. The van der Waals surface area contributed by atoms with Crippen LogP contribution in [-0.4, -0.2) is 32.8 Å². The molecule has 3 aromatic rings. The van der Waals surface area contributed by atoms with Gasteiger partial charge >= 0.3 is 6.18 Å². The summed E-state index contributed by atoms with van der Waals surface area (Å²) in [5.41, 5.74) is -0.304. The van der Waals surface area contributed by atoms with Gasteiger partial charge < -0.3 is 15.2 Å². The Morgan fingerprint density at radius 2 is 1.88 bits per heavy atom. The van der Waals surface area contributed by atoms with Crippen molar-refractivity contribution in [3.63, 3.8) is 0 Å². The number of carbonyl (C=O) groups excluding carboxylic acids is 2. The maximum atomic E-state index is 13.3. The lowest BCUT2D eigenvalue weighted by atomic mass is 9.87. The number of nitrogens with zero attached hydrogens (tertiary/aromatic N) is 3. The van der Waals surface area contributed by atoms with Crippen molar-refractivity contribution in [2.45, 2.75) is 51.9 Å². The van der Waals surface area contributed by atoms with E-state index in [2.05, 4.69) is 15.4 Å². The van der Waals surface area contributed by atoms with Crippen LogP contribution in [0.15, 0.2) is 36.5 Å². The van der Waals surface area contributed by atoms with Crippen LogP contribution in [0.25, 0.3) is 10.9 Å². The maximum Gasteiger partial charge on any atom is 0.399 e. The van der Waals surface area contributed by atoms with Crippen LogP contribution in [0.1, 0.15) is 54.1 Å². The van der Waals surface area contributed by atoms with Crippen molar-refractivity contribution in [1.29, 1.82) is 0 Å². The molecule has 0 aliphatic rings. The highest BCUT2D eigenvalue weighted by Crippen LogP contribution is 2.39. The molecule has 1 unspecified atom stereocenters. The van der Waals surface area contributed by atoms with E-state index in [0.717, 1.165) is 13.8 Å². The van der Waals surface area contributed by atoms with Gasteiger partial charge in [-0.1, -0.05) is 6.07 Å². The van der Waals surface area contributed by atoms with Gasteiger partial charge in [0.05, 0.1) is 36.0 Å². The lowest BCUT2D eigenvalue weighted by molar-refractivity contribution is -0.306. The number of halogens is 3. The van der Waals surface area contributed by atoms with E-state index < -0.39 is 36.1 Å². The lowest BCUT2D eigenvalue weighted by Crippen LogP contribution is -2.37. The molecule has 1 N–H and O–H groups in total. The van der Waals surface area contributed by atoms with Gasteiger partial charge in [-0.2, -0.15) is 18.3 Å². The third kappa shape index (κ3) is 4.44. The van der Waals surface area contributed by atoms with Crippen LogP contribution in [-0.2, 0) is 16.8 Å². The van der Waals surface area contributed by atoms with Crippen LogP contribution in [0.5, 0.6) is 0 Å². The summed E-state index contributed by atoms with van der Waals surface area (Å²) in [6.45, 7) is 5.18. The topological polar surface area (TPSA) is 99.9 Å². The zero-order valence-corrected chi connectivity index (χ0v) is 17.9. The summed E-state index contributed by atoms with van der Waals surface area (Å²) in [5, 5.41) is 18.1. The fourth-order valence-corrected chi connectivity index (χ4v) is 3.29. The standard InChI is InChI=1S/C22H23F3N4O3/c1-12(16-10-26-29(13(16)2)11-19(30)31)27-20(32)15-5-7-17-14(9-15)6-8-18(28-17)21(3,4)22(23,24)25/h5-10,12H,11H2,1-4H3,(H,27,32)(H,30,31)/p-1. The first-order chi connectivity index (χ1) is 14.8. The van der Waals surface area contributed by atoms with Crippen molar-refractivity contribution in [3.05, 3.63) is 59.0 Å².